The number of ether oxygens (including phenoxy) is 2. The molecular weight excluding hydrogens is 330 g/mol. The van der Waals surface area contributed by atoms with E-state index in [0.29, 0.717) is 18.8 Å². The van der Waals surface area contributed by atoms with Crippen molar-refractivity contribution < 1.29 is 19.4 Å². The number of carbonyl (C=O) groups is 1. The molecule has 0 saturated carbocycles. The summed E-state index contributed by atoms with van der Waals surface area (Å²) < 4.78 is 11.8. The summed E-state index contributed by atoms with van der Waals surface area (Å²) in [5.74, 6) is 0.231. The number of amides is 1. The van der Waals surface area contributed by atoms with Gasteiger partial charge in [-0.05, 0) is 49.3 Å². The van der Waals surface area contributed by atoms with Crippen molar-refractivity contribution in [2.45, 2.75) is 46.8 Å². The van der Waals surface area contributed by atoms with Gasteiger partial charge in [0.2, 0.25) is 6.29 Å². The van der Waals surface area contributed by atoms with Crippen LogP contribution >= 0.6 is 0 Å². The highest BCUT2D eigenvalue weighted by Gasteiger charge is 2.42. The average Bonchev–Trinajstić information content (AvgIpc) is 2.60. The van der Waals surface area contributed by atoms with Crippen LogP contribution in [-0.2, 0) is 14.3 Å². The van der Waals surface area contributed by atoms with Crippen molar-refractivity contribution in [3.8, 4) is 0 Å². The molecule has 5 nitrogen and oxygen atoms in total. The largest absolute Gasteiger partial charge is 0.459 e. The molecule has 1 aromatic carbocycles. The SMILES string of the molecule is CCO[C@@H]1OC(C(=O)Nc2ccccc2)=C[C@H](C(C)(C)C)[C@@H]1CCCO. The molecule has 0 radical (unpaired) electrons. The predicted octanol–water partition coefficient (Wildman–Crippen LogP) is 3.95. The van der Waals surface area contributed by atoms with Crippen LogP contribution in [0.5, 0.6) is 0 Å². The highest BCUT2D eigenvalue weighted by Crippen LogP contribution is 2.42. The number of rotatable bonds is 7. The molecule has 1 aliphatic rings. The van der Waals surface area contributed by atoms with Crippen molar-refractivity contribution in [1.29, 1.82) is 0 Å². The number of aliphatic hydroxyl groups excluding tert-OH is 1. The van der Waals surface area contributed by atoms with E-state index >= 15 is 0 Å². The molecule has 0 spiro atoms. The molecule has 0 aromatic heterocycles. The van der Waals surface area contributed by atoms with Crippen LogP contribution in [0.15, 0.2) is 42.2 Å². The molecule has 0 fully saturated rings. The van der Waals surface area contributed by atoms with Crippen molar-refractivity contribution in [2.24, 2.45) is 17.3 Å². The second-order valence-electron chi connectivity index (χ2n) is 7.71. The summed E-state index contributed by atoms with van der Waals surface area (Å²) in [5, 5.41) is 12.1. The maximum Gasteiger partial charge on any atom is 0.290 e. The molecule has 1 aliphatic heterocycles. The molecule has 0 aliphatic carbocycles. The first kappa shape index (κ1) is 20.5. The first-order chi connectivity index (χ1) is 12.4. The van der Waals surface area contributed by atoms with Gasteiger partial charge in [-0.1, -0.05) is 39.0 Å². The zero-order valence-corrected chi connectivity index (χ0v) is 16.2. The quantitative estimate of drug-likeness (QED) is 0.771. The third-order valence-corrected chi connectivity index (χ3v) is 4.67. The Morgan fingerprint density at radius 1 is 1.27 bits per heavy atom. The maximum absolute atomic E-state index is 12.7. The zero-order chi connectivity index (χ0) is 19.2. The lowest BCUT2D eigenvalue weighted by Crippen LogP contribution is -2.42. The van der Waals surface area contributed by atoms with Crippen LogP contribution in [-0.4, -0.2) is 30.5 Å². The fraction of sp³-hybridized carbons (Fsp3) is 0.571. The van der Waals surface area contributed by atoms with E-state index in [4.69, 9.17) is 9.47 Å². The van der Waals surface area contributed by atoms with E-state index in [1.54, 1.807) is 0 Å². The van der Waals surface area contributed by atoms with Crippen molar-refractivity contribution in [3.63, 3.8) is 0 Å². The Kier molecular flexibility index (Phi) is 7.23. The average molecular weight is 361 g/mol. The number of carbonyl (C=O) groups excluding carboxylic acids is 1. The first-order valence-electron chi connectivity index (χ1n) is 9.34. The molecule has 0 bridgehead atoms. The lowest BCUT2D eigenvalue weighted by atomic mass is 9.70. The first-order valence-corrected chi connectivity index (χ1v) is 9.34. The standard InChI is InChI=1S/C21H31NO4/c1-5-25-20-16(12-9-13-23)17(21(2,3)4)14-18(26-20)19(24)22-15-10-7-6-8-11-15/h6-8,10-11,14,16-17,20,23H,5,9,12-13H2,1-4H3,(H,22,24)/t16-,17-,20+/m0/s1. The highest BCUT2D eigenvalue weighted by atomic mass is 16.7. The van der Waals surface area contributed by atoms with Gasteiger partial charge in [0, 0.05) is 24.8 Å². The zero-order valence-electron chi connectivity index (χ0n) is 16.2. The van der Waals surface area contributed by atoms with Crippen LogP contribution in [0.4, 0.5) is 5.69 Å². The van der Waals surface area contributed by atoms with Gasteiger partial charge in [0.15, 0.2) is 5.76 Å². The number of benzene rings is 1. The van der Waals surface area contributed by atoms with Gasteiger partial charge in [-0.15, -0.1) is 0 Å². The monoisotopic (exact) mass is 361 g/mol. The summed E-state index contributed by atoms with van der Waals surface area (Å²) in [6.07, 6.45) is 2.91. The summed E-state index contributed by atoms with van der Waals surface area (Å²) in [4.78, 5) is 12.7. The molecule has 26 heavy (non-hydrogen) atoms. The van der Waals surface area contributed by atoms with E-state index in [1.165, 1.54) is 0 Å². The number of hydrogen-bond donors (Lipinski definition) is 2. The molecule has 2 N–H and O–H groups in total. The molecule has 1 aromatic rings. The van der Waals surface area contributed by atoms with Gasteiger partial charge in [-0.25, -0.2) is 0 Å². The maximum atomic E-state index is 12.7. The smallest absolute Gasteiger partial charge is 0.290 e. The van der Waals surface area contributed by atoms with Crippen LogP contribution in [0.25, 0.3) is 0 Å². The van der Waals surface area contributed by atoms with Gasteiger partial charge in [-0.2, -0.15) is 0 Å². The summed E-state index contributed by atoms with van der Waals surface area (Å²) in [6.45, 7) is 9.02. The number of para-hydroxylation sites is 1. The number of aliphatic hydroxyl groups is 1. The Bertz CT molecular complexity index is 606. The molecule has 2 rings (SSSR count). The van der Waals surface area contributed by atoms with Crippen LogP contribution < -0.4 is 5.32 Å². The van der Waals surface area contributed by atoms with Crippen molar-refractivity contribution in [2.75, 3.05) is 18.5 Å². The van der Waals surface area contributed by atoms with Gasteiger partial charge in [0.1, 0.15) is 0 Å². The van der Waals surface area contributed by atoms with E-state index in [0.717, 1.165) is 12.1 Å². The lowest BCUT2D eigenvalue weighted by molar-refractivity contribution is -0.178. The number of allylic oxidation sites excluding steroid dienone is 1. The van der Waals surface area contributed by atoms with Crippen LogP contribution in [0.1, 0.15) is 40.5 Å². The molecule has 0 unspecified atom stereocenters. The number of nitrogens with one attached hydrogen (secondary N) is 1. The number of hydrogen-bond acceptors (Lipinski definition) is 4. The third kappa shape index (κ3) is 5.32. The number of anilines is 1. The Balaban J connectivity index is 2.27. The third-order valence-electron chi connectivity index (χ3n) is 4.67. The minimum atomic E-state index is -0.489. The predicted molar refractivity (Wildman–Crippen MR) is 102 cm³/mol. The summed E-state index contributed by atoms with van der Waals surface area (Å²) in [6, 6.07) is 9.33. The molecule has 1 heterocycles. The molecule has 3 atom stereocenters. The minimum absolute atomic E-state index is 0.0580. The summed E-state index contributed by atoms with van der Waals surface area (Å²) >= 11 is 0. The fourth-order valence-electron chi connectivity index (χ4n) is 3.41. The van der Waals surface area contributed by atoms with Gasteiger partial charge in [-0.3, -0.25) is 4.79 Å². The van der Waals surface area contributed by atoms with Crippen LogP contribution in [0.3, 0.4) is 0 Å². The topological polar surface area (TPSA) is 67.8 Å². The van der Waals surface area contributed by atoms with Gasteiger partial charge < -0.3 is 19.9 Å². The van der Waals surface area contributed by atoms with Gasteiger partial charge >= 0.3 is 0 Å². The summed E-state index contributed by atoms with van der Waals surface area (Å²) in [5.41, 5.74) is 0.669. The molecule has 5 heteroatoms. The molecule has 1 amide bonds. The minimum Gasteiger partial charge on any atom is -0.459 e. The van der Waals surface area contributed by atoms with Gasteiger partial charge in [0.05, 0.1) is 0 Å². The van der Waals surface area contributed by atoms with E-state index in [1.807, 2.05) is 43.3 Å². The second kappa shape index (κ2) is 9.19. The van der Waals surface area contributed by atoms with Crippen LogP contribution in [0.2, 0.25) is 0 Å². The normalized spacial score (nSPS) is 23.1. The van der Waals surface area contributed by atoms with Crippen molar-refractivity contribution >= 4 is 11.6 Å². The Labute approximate surface area is 156 Å². The molecule has 144 valence electrons. The van der Waals surface area contributed by atoms with E-state index in [-0.39, 0.29) is 29.8 Å². The fourth-order valence-corrected chi connectivity index (χ4v) is 3.41. The lowest BCUT2D eigenvalue weighted by Gasteiger charge is -2.42. The van der Waals surface area contributed by atoms with E-state index < -0.39 is 6.29 Å². The Morgan fingerprint density at radius 2 is 1.96 bits per heavy atom. The van der Waals surface area contributed by atoms with Crippen molar-refractivity contribution in [3.05, 3.63) is 42.2 Å². The second-order valence-corrected chi connectivity index (χ2v) is 7.71. The Hall–Kier alpha value is -1.85. The van der Waals surface area contributed by atoms with Gasteiger partial charge in [0.25, 0.3) is 5.91 Å². The molecule has 0 saturated heterocycles. The van der Waals surface area contributed by atoms with E-state index in [9.17, 15) is 9.90 Å². The van der Waals surface area contributed by atoms with Crippen LogP contribution in [0, 0.1) is 17.3 Å². The highest BCUT2D eigenvalue weighted by molar-refractivity contribution is 6.02. The molecular formula is C21H31NO4. The Morgan fingerprint density at radius 3 is 2.54 bits per heavy atom. The van der Waals surface area contributed by atoms with E-state index in [2.05, 4.69) is 26.1 Å². The summed E-state index contributed by atoms with van der Waals surface area (Å²) in [7, 11) is 0. The van der Waals surface area contributed by atoms with Crippen molar-refractivity contribution in [1.82, 2.24) is 0 Å².